The highest BCUT2D eigenvalue weighted by atomic mass is 31.1. The van der Waals surface area contributed by atoms with Crippen molar-refractivity contribution < 1.29 is 0 Å². The monoisotopic (exact) mass is 452 g/mol. The van der Waals surface area contributed by atoms with Gasteiger partial charge in [0.05, 0.1) is 24.2 Å². The van der Waals surface area contributed by atoms with E-state index in [0.717, 1.165) is 0 Å². The Hall–Kier alpha value is -0.479. The minimum absolute atomic E-state index is 0.304. The minimum atomic E-state index is -1.32. The Bertz CT molecular complexity index is 867. The third kappa shape index (κ3) is 1.71. The summed E-state index contributed by atoms with van der Waals surface area (Å²) in [7, 11) is -4.25. The Balaban J connectivity index is 1.80. The summed E-state index contributed by atoms with van der Waals surface area (Å²) in [6, 6.07) is 23.3. The van der Waals surface area contributed by atoms with Crippen LogP contribution in [-0.4, -0.2) is 29.4 Å². The average molecular weight is 453 g/mol. The van der Waals surface area contributed by atoms with Gasteiger partial charge in [-0.1, -0.05) is 120 Å². The summed E-state index contributed by atoms with van der Waals surface area (Å²) >= 11 is 0. The Kier molecular flexibility index (Phi) is 3.72. The quantitative estimate of drug-likeness (QED) is 0.323. The summed E-state index contributed by atoms with van der Waals surface area (Å²) < 4.78 is 0. The van der Waals surface area contributed by atoms with Gasteiger partial charge in [-0.05, 0) is 33.6 Å². The normalized spacial score (nSPS) is 37.3. The van der Waals surface area contributed by atoms with Gasteiger partial charge in [0, 0.05) is 5.16 Å². The highest BCUT2D eigenvalue weighted by Gasteiger charge is 3.39. The molecule has 2 aromatic carbocycles. The third-order valence-corrected chi connectivity index (χ3v) is 23.6. The standard InChI is InChI=1S/C25H37PSi3/c1-27(2,3)23-22(24(23,28(4,5)6)25(22,23)29(7,8)9)26(20-16-12-10-13-17-20)21-18-14-11-15-19-21/h10-19H,1-9H3. The predicted molar refractivity (Wildman–Crippen MR) is 140 cm³/mol. The van der Waals surface area contributed by atoms with Crippen LogP contribution < -0.4 is 10.6 Å². The molecule has 154 valence electrons. The highest BCUT2D eigenvalue weighted by Crippen LogP contribution is 3.49. The van der Waals surface area contributed by atoms with Crippen molar-refractivity contribution in [2.45, 2.75) is 79.2 Å². The van der Waals surface area contributed by atoms with Gasteiger partial charge in [-0.3, -0.25) is 0 Å². The number of rotatable bonds is 6. The maximum absolute atomic E-state index is 2.71. The molecular formula is C25H37PSi3. The van der Waals surface area contributed by atoms with Crippen molar-refractivity contribution in [1.82, 2.24) is 0 Å². The van der Waals surface area contributed by atoms with Crippen molar-refractivity contribution in [2.24, 2.45) is 0 Å². The van der Waals surface area contributed by atoms with E-state index in [1.54, 1.807) is 10.6 Å². The first kappa shape index (κ1) is 20.4. The minimum Gasteiger partial charge on any atom is -0.0691 e. The molecule has 0 heterocycles. The molecule has 2 aromatic rings. The number of benzene rings is 2. The van der Waals surface area contributed by atoms with Gasteiger partial charge in [0.25, 0.3) is 0 Å². The molecule has 0 radical (unpaired) electrons. The fourth-order valence-corrected chi connectivity index (χ4v) is 38.0. The van der Waals surface area contributed by atoms with Crippen LogP contribution in [0.3, 0.4) is 0 Å². The Morgan fingerprint density at radius 2 is 0.759 bits per heavy atom. The molecule has 4 aliphatic carbocycles. The summed E-state index contributed by atoms with van der Waals surface area (Å²) in [5.41, 5.74) is 0. The maximum atomic E-state index is 2.71. The van der Waals surface area contributed by atoms with Crippen LogP contribution in [0.5, 0.6) is 0 Å². The zero-order valence-electron chi connectivity index (χ0n) is 19.7. The zero-order valence-corrected chi connectivity index (χ0v) is 23.6. The lowest BCUT2D eigenvalue weighted by Crippen LogP contribution is -2.26. The van der Waals surface area contributed by atoms with Gasteiger partial charge >= 0.3 is 0 Å². The summed E-state index contributed by atoms with van der Waals surface area (Å²) in [5, 5.41) is 6.03. The number of hydrogen-bond acceptors (Lipinski definition) is 0. The molecule has 4 heteroatoms. The zero-order chi connectivity index (χ0) is 21.3. The van der Waals surface area contributed by atoms with Crippen molar-refractivity contribution in [2.75, 3.05) is 0 Å². The van der Waals surface area contributed by atoms with E-state index in [1.165, 1.54) is 0 Å². The summed E-state index contributed by atoms with van der Waals surface area (Å²) in [6.45, 7) is 24.4. The van der Waals surface area contributed by atoms with E-state index in [4.69, 9.17) is 0 Å². The van der Waals surface area contributed by atoms with Crippen LogP contribution in [0.4, 0.5) is 0 Å². The Labute approximate surface area is 182 Å². The molecule has 0 saturated heterocycles. The molecule has 0 nitrogen and oxygen atoms in total. The van der Waals surface area contributed by atoms with E-state index in [1.807, 2.05) is 0 Å². The Morgan fingerprint density at radius 3 is 1.00 bits per heavy atom. The molecule has 0 spiro atoms. The summed E-state index contributed by atoms with van der Waals surface area (Å²) in [4.78, 5) is 0. The van der Waals surface area contributed by atoms with E-state index in [-0.39, 0.29) is 7.92 Å². The first-order valence-corrected chi connectivity index (χ1v) is 23.1. The second-order valence-electron chi connectivity index (χ2n) is 12.7. The van der Waals surface area contributed by atoms with Crippen molar-refractivity contribution in [3.8, 4) is 0 Å². The predicted octanol–water partition coefficient (Wildman–Crippen LogP) is 7.13. The molecule has 4 saturated carbocycles. The lowest BCUT2D eigenvalue weighted by Gasteiger charge is -2.22. The molecule has 0 unspecified atom stereocenters. The Morgan fingerprint density at radius 1 is 0.483 bits per heavy atom. The van der Waals surface area contributed by atoms with Crippen LogP contribution in [0.15, 0.2) is 60.7 Å². The van der Waals surface area contributed by atoms with E-state index in [2.05, 4.69) is 120 Å². The van der Waals surface area contributed by atoms with E-state index >= 15 is 0 Å². The van der Waals surface area contributed by atoms with Gasteiger partial charge in [0.1, 0.15) is 0 Å². The molecule has 0 N–H and O–H groups in total. The summed E-state index contributed by atoms with van der Waals surface area (Å²) in [6.07, 6.45) is 0. The van der Waals surface area contributed by atoms with Gasteiger partial charge in [0.15, 0.2) is 0 Å². The van der Waals surface area contributed by atoms with Crippen molar-refractivity contribution >= 4 is 42.8 Å². The molecule has 6 rings (SSSR count). The molecule has 4 fully saturated rings. The largest absolute Gasteiger partial charge is 0.0691 e. The van der Waals surface area contributed by atoms with Crippen LogP contribution >= 0.6 is 7.92 Å². The van der Waals surface area contributed by atoms with Gasteiger partial charge < -0.3 is 0 Å². The molecule has 0 bridgehead atoms. The van der Waals surface area contributed by atoms with Gasteiger partial charge in [0.2, 0.25) is 0 Å². The highest BCUT2D eigenvalue weighted by molar-refractivity contribution is 7.77. The first-order chi connectivity index (χ1) is 13.3. The fourth-order valence-electron chi connectivity index (χ4n) is 9.21. The maximum Gasteiger partial charge on any atom is 0.0525 e. The van der Waals surface area contributed by atoms with Crippen LogP contribution in [0.1, 0.15) is 0 Å². The lowest BCUT2D eigenvalue weighted by atomic mass is 10.4. The van der Waals surface area contributed by atoms with E-state index in [9.17, 15) is 0 Å². The average Bonchev–Trinajstić information content (AvgIpc) is 3.48. The molecule has 0 aromatic heterocycles. The molecular weight excluding hydrogens is 416 g/mol. The van der Waals surface area contributed by atoms with Crippen molar-refractivity contribution in [1.29, 1.82) is 0 Å². The van der Waals surface area contributed by atoms with Crippen LogP contribution in [0.25, 0.3) is 0 Å². The molecule has 4 aliphatic rings. The van der Waals surface area contributed by atoms with Crippen LogP contribution in [0.2, 0.25) is 74.0 Å². The van der Waals surface area contributed by atoms with Crippen LogP contribution in [-0.2, 0) is 0 Å². The van der Waals surface area contributed by atoms with Crippen molar-refractivity contribution in [3.05, 3.63) is 60.7 Å². The third-order valence-electron chi connectivity index (χ3n) is 8.80. The van der Waals surface area contributed by atoms with Gasteiger partial charge in [-0.15, -0.1) is 0 Å². The molecule has 0 atom stereocenters. The smallest absolute Gasteiger partial charge is 0.0525 e. The van der Waals surface area contributed by atoms with E-state index < -0.39 is 24.2 Å². The SMILES string of the molecule is C[Si](C)(C)C12C3(P(c4ccccc4)c4ccccc4)C1([Si](C)(C)C)C32[Si](C)(C)C. The van der Waals surface area contributed by atoms with Crippen molar-refractivity contribution in [3.63, 3.8) is 0 Å². The topological polar surface area (TPSA) is 0 Å². The number of hydrogen-bond donors (Lipinski definition) is 0. The van der Waals surface area contributed by atoms with Crippen LogP contribution in [0, 0.1) is 0 Å². The fraction of sp³-hybridized carbons (Fsp3) is 0.520. The molecule has 0 amide bonds. The van der Waals surface area contributed by atoms with E-state index in [0.29, 0.717) is 20.3 Å². The second kappa shape index (κ2) is 5.28. The van der Waals surface area contributed by atoms with Gasteiger partial charge in [-0.2, -0.15) is 0 Å². The lowest BCUT2D eigenvalue weighted by molar-refractivity contribution is 1.27. The molecule has 29 heavy (non-hydrogen) atoms. The first-order valence-electron chi connectivity index (χ1n) is 11.2. The summed E-state index contributed by atoms with van der Waals surface area (Å²) in [5.74, 6) is 0. The second-order valence-corrected chi connectivity index (χ2v) is 30.8. The molecule has 0 aliphatic heterocycles. The van der Waals surface area contributed by atoms with Gasteiger partial charge in [-0.25, -0.2) is 0 Å².